The van der Waals surface area contributed by atoms with Crippen LogP contribution in [0.1, 0.15) is 18.4 Å². The van der Waals surface area contributed by atoms with Crippen LogP contribution in [0, 0.1) is 11.7 Å². The van der Waals surface area contributed by atoms with E-state index in [1.54, 1.807) is 12.1 Å². The molecule has 0 aliphatic heterocycles. The van der Waals surface area contributed by atoms with Crippen molar-refractivity contribution in [2.24, 2.45) is 5.92 Å². The highest BCUT2D eigenvalue weighted by molar-refractivity contribution is 9.10. The third kappa shape index (κ3) is 2.62. The zero-order chi connectivity index (χ0) is 11.7. The van der Waals surface area contributed by atoms with Crippen molar-refractivity contribution in [3.8, 4) is 0 Å². The average molecular weight is 289 g/mol. The second-order valence-corrected chi connectivity index (χ2v) is 5.11. The van der Waals surface area contributed by atoms with E-state index in [4.69, 9.17) is 0 Å². The van der Waals surface area contributed by atoms with E-state index in [1.165, 1.54) is 6.07 Å². The third-order valence-corrected chi connectivity index (χ3v) is 3.85. The van der Waals surface area contributed by atoms with Crippen LogP contribution in [0.3, 0.4) is 0 Å². The van der Waals surface area contributed by atoms with Crippen LogP contribution in [0.4, 0.5) is 4.39 Å². The molecule has 88 valence electrons. The van der Waals surface area contributed by atoms with Gasteiger partial charge in [0.05, 0.1) is 16.7 Å². The van der Waals surface area contributed by atoms with Crippen molar-refractivity contribution >= 4 is 15.9 Å². The number of aliphatic hydroxyl groups excluding tert-OH is 2. The molecule has 4 heteroatoms. The zero-order valence-corrected chi connectivity index (χ0v) is 10.3. The Morgan fingerprint density at radius 3 is 2.69 bits per heavy atom. The highest BCUT2D eigenvalue weighted by Gasteiger charge is 2.34. The lowest BCUT2D eigenvalue weighted by atomic mass is 10.0. The first-order chi connectivity index (χ1) is 7.59. The summed E-state index contributed by atoms with van der Waals surface area (Å²) in [6, 6.07) is 4.71. The van der Waals surface area contributed by atoms with E-state index in [-0.39, 0.29) is 18.2 Å². The van der Waals surface area contributed by atoms with Crippen LogP contribution < -0.4 is 0 Å². The fourth-order valence-electron chi connectivity index (χ4n) is 1.80. The molecule has 0 amide bonds. The quantitative estimate of drug-likeness (QED) is 0.892. The van der Waals surface area contributed by atoms with Gasteiger partial charge >= 0.3 is 0 Å². The van der Waals surface area contributed by atoms with Crippen LogP contribution in [0.15, 0.2) is 22.7 Å². The van der Waals surface area contributed by atoms with Gasteiger partial charge in [-0.25, -0.2) is 4.39 Å². The molecule has 0 heterocycles. The molecule has 1 aromatic carbocycles. The van der Waals surface area contributed by atoms with Gasteiger partial charge in [-0.3, -0.25) is 0 Å². The summed E-state index contributed by atoms with van der Waals surface area (Å²) in [5.74, 6) is -0.118. The normalized spacial score (nSPS) is 19.5. The maximum atomic E-state index is 13.2. The van der Waals surface area contributed by atoms with Gasteiger partial charge in [0.2, 0.25) is 0 Å². The predicted molar refractivity (Wildman–Crippen MR) is 62.5 cm³/mol. The second-order valence-electron chi connectivity index (χ2n) is 4.31. The summed E-state index contributed by atoms with van der Waals surface area (Å²) in [5.41, 5.74) is 0.687. The maximum absolute atomic E-state index is 13.2. The van der Waals surface area contributed by atoms with Gasteiger partial charge in [-0.1, -0.05) is 12.1 Å². The first-order valence-corrected chi connectivity index (χ1v) is 6.18. The molecule has 1 aliphatic rings. The molecular formula is C12H14BrFO2. The van der Waals surface area contributed by atoms with Gasteiger partial charge in [-0.05, 0) is 46.3 Å². The molecule has 0 bridgehead atoms. The van der Waals surface area contributed by atoms with Gasteiger partial charge in [0.25, 0.3) is 0 Å². The van der Waals surface area contributed by atoms with Crippen molar-refractivity contribution < 1.29 is 14.6 Å². The maximum Gasteiger partial charge on any atom is 0.137 e. The first-order valence-electron chi connectivity index (χ1n) is 5.38. The van der Waals surface area contributed by atoms with Crippen molar-refractivity contribution in [1.82, 2.24) is 0 Å². The van der Waals surface area contributed by atoms with E-state index in [1.807, 2.05) is 0 Å². The van der Waals surface area contributed by atoms with Gasteiger partial charge in [0.15, 0.2) is 0 Å². The molecule has 2 rings (SSSR count). The zero-order valence-electron chi connectivity index (χ0n) is 8.74. The van der Waals surface area contributed by atoms with E-state index in [0.717, 1.165) is 12.8 Å². The Morgan fingerprint density at radius 2 is 2.06 bits per heavy atom. The highest BCUT2D eigenvalue weighted by atomic mass is 79.9. The number of halogens is 2. The largest absolute Gasteiger partial charge is 0.390 e. The fourth-order valence-corrected chi connectivity index (χ4v) is 2.23. The molecule has 2 unspecified atom stereocenters. The predicted octanol–water partition coefficient (Wildman–Crippen LogP) is 2.26. The average Bonchev–Trinajstić information content (AvgIpc) is 3.07. The molecule has 2 atom stereocenters. The summed E-state index contributed by atoms with van der Waals surface area (Å²) in [6.07, 6.45) is 0.724. The van der Waals surface area contributed by atoms with Gasteiger partial charge in [0, 0.05) is 6.42 Å². The second kappa shape index (κ2) is 4.82. The highest BCUT2D eigenvalue weighted by Crippen LogP contribution is 2.35. The minimum Gasteiger partial charge on any atom is -0.390 e. The molecule has 1 aromatic rings. The summed E-state index contributed by atoms with van der Waals surface area (Å²) in [6.45, 7) is 0. The van der Waals surface area contributed by atoms with Gasteiger partial charge in [-0.2, -0.15) is 0 Å². The number of aliphatic hydroxyl groups is 2. The summed E-state index contributed by atoms with van der Waals surface area (Å²) >= 11 is 3.14. The molecule has 2 nitrogen and oxygen atoms in total. The number of rotatable bonds is 4. The Morgan fingerprint density at radius 1 is 1.38 bits per heavy atom. The Bertz CT molecular complexity index is 379. The van der Waals surface area contributed by atoms with Crippen LogP contribution in [-0.2, 0) is 6.42 Å². The van der Waals surface area contributed by atoms with Gasteiger partial charge in [0.1, 0.15) is 5.82 Å². The summed E-state index contributed by atoms with van der Waals surface area (Å²) in [4.78, 5) is 0. The standard InChI is InChI=1S/C12H14BrFO2/c13-11-8(2-1-3-9(11)14)6-10(15)12(16)7-4-5-7/h1-3,7,10,12,15-16H,4-6H2. The molecule has 0 spiro atoms. The minimum absolute atomic E-state index is 0.224. The van der Waals surface area contributed by atoms with E-state index >= 15 is 0 Å². The molecule has 0 radical (unpaired) electrons. The smallest absolute Gasteiger partial charge is 0.137 e. The van der Waals surface area contributed by atoms with Crippen molar-refractivity contribution in [3.63, 3.8) is 0 Å². The Hall–Kier alpha value is -0.450. The first kappa shape index (κ1) is 12.0. The topological polar surface area (TPSA) is 40.5 Å². The molecule has 1 saturated carbocycles. The van der Waals surface area contributed by atoms with Crippen molar-refractivity contribution in [2.75, 3.05) is 0 Å². The van der Waals surface area contributed by atoms with E-state index in [0.29, 0.717) is 10.0 Å². The van der Waals surface area contributed by atoms with Gasteiger partial charge < -0.3 is 10.2 Å². The van der Waals surface area contributed by atoms with Crippen molar-refractivity contribution in [2.45, 2.75) is 31.5 Å². The lowest BCUT2D eigenvalue weighted by Gasteiger charge is -2.18. The minimum atomic E-state index is -0.814. The Labute approximate surface area is 102 Å². The number of benzene rings is 1. The van der Waals surface area contributed by atoms with Crippen LogP contribution in [0.2, 0.25) is 0 Å². The van der Waals surface area contributed by atoms with Crippen molar-refractivity contribution in [1.29, 1.82) is 0 Å². The summed E-state index contributed by atoms with van der Waals surface area (Å²) < 4.78 is 13.6. The van der Waals surface area contributed by atoms with E-state index in [2.05, 4.69) is 15.9 Å². The van der Waals surface area contributed by atoms with Crippen molar-refractivity contribution in [3.05, 3.63) is 34.1 Å². The van der Waals surface area contributed by atoms with Crippen LogP contribution in [-0.4, -0.2) is 22.4 Å². The molecule has 16 heavy (non-hydrogen) atoms. The fraction of sp³-hybridized carbons (Fsp3) is 0.500. The molecule has 2 N–H and O–H groups in total. The lowest BCUT2D eigenvalue weighted by molar-refractivity contribution is 0.00661. The SMILES string of the molecule is OC(Cc1cccc(F)c1Br)C(O)C1CC1. The molecule has 1 aliphatic carbocycles. The van der Waals surface area contributed by atoms with Gasteiger partial charge in [-0.15, -0.1) is 0 Å². The van der Waals surface area contributed by atoms with Crippen LogP contribution in [0.25, 0.3) is 0 Å². The number of hydrogen-bond acceptors (Lipinski definition) is 2. The van der Waals surface area contributed by atoms with Crippen LogP contribution in [0.5, 0.6) is 0 Å². The Balaban J connectivity index is 2.05. The van der Waals surface area contributed by atoms with Crippen LogP contribution >= 0.6 is 15.9 Å². The summed E-state index contributed by atoms with van der Waals surface area (Å²) in [7, 11) is 0. The lowest BCUT2D eigenvalue weighted by Crippen LogP contribution is -2.29. The third-order valence-electron chi connectivity index (χ3n) is 2.96. The van der Waals surface area contributed by atoms with E-state index in [9.17, 15) is 14.6 Å². The molecule has 0 aromatic heterocycles. The molecule has 1 fully saturated rings. The summed E-state index contributed by atoms with van der Waals surface area (Å²) in [5, 5.41) is 19.5. The Kier molecular flexibility index (Phi) is 3.62. The van der Waals surface area contributed by atoms with E-state index < -0.39 is 12.2 Å². The molecule has 0 saturated heterocycles. The monoisotopic (exact) mass is 288 g/mol. The molecular weight excluding hydrogens is 275 g/mol. The number of hydrogen-bond donors (Lipinski definition) is 2.